The first-order valence-corrected chi connectivity index (χ1v) is 26.1. The van der Waals surface area contributed by atoms with Crippen molar-refractivity contribution in [1.82, 2.24) is 0 Å². The van der Waals surface area contributed by atoms with Crippen LogP contribution < -0.4 is 6.54 Å². The third kappa shape index (κ3) is 4.36. The Kier molecular flexibility index (Phi) is 9.72. The van der Waals surface area contributed by atoms with Crippen LogP contribution in [0.25, 0.3) is 5.57 Å². The van der Waals surface area contributed by atoms with Gasteiger partial charge in [-0.3, -0.25) is 0 Å². The molecule has 0 amide bonds. The first kappa shape index (κ1) is 40.0. The van der Waals surface area contributed by atoms with E-state index in [2.05, 4.69) is 146 Å². The Morgan fingerprint density at radius 2 is 1.35 bits per heavy atom. The molecule has 274 valence electrons. The van der Waals surface area contributed by atoms with Gasteiger partial charge in [-0.25, -0.2) is 0 Å². The number of rotatable bonds is 4. The van der Waals surface area contributed by atoms with Gasteiger partial charge >= 0.3 is 314 Å². The topological polar surface area (TPSA) is 0 Å². The Bertz CT molecular complexity index is 2170. The van der Waals surface area contributed by atoms with Gasteiger partial charge in [0.25, 0.3) is 0 Å². The normalized spacial score (nSPS) is 27.8. The average molecular weight is 852 g/mol. The van der Waals surface area contributed by atoms with Crippen LogP contribution in [0.5, 0.6) is 0 Å². The molecule has 0 saturated heterocycles. The molecule has 3 aromatic carbocycles. The second-order valence-corrected chi connectivity index (χ2v) is 33.0. The first-order valence-electron chi connectivity index (χ1n) is 18.6. The molecule has 5 aliphatic carbocycles. The van der Waals surface area contributed by atoms with E-state index in [4.69, 9.17) is 27.4 Å². The van der Waals surface area contributed by atoms with E-state index in [1.165, 1.54) is 26.5 Å². The minimum atomic E-state index is -5.32. The van der Waals surface area contributed by atoms with Crippen molar-refractivity contribution in [2.75, 3.05) is 0 Å². The first-order chi connectivity index (χ1) is 23.5. The van der Waals surface area contributed by atoms with Crippen molar-refractivity contribution in [3.05, 3.63) is 144 Å². The summed E-state index contributed by atoms with van der Waals surface area (Å²) in [6.45, 7) is 21.0. The molecule has 0 bridgehead atoms. The predicted molar refractivity (Wildman–Crippen MR) is 229 cm³/mol. The van der Waals surface area contributed by atoms with Crippen LogP contribution in [0.15, 0.2) is 123 Å². The summed E-state index contributed by atoms with van der Waals surface area (Å²) in [4.78, 5) is 0. The number of allylic oxidation sites excluding steroid dienone is 10. The molecule has 0 nitrogen and oxygen atoms in total. The van der Waals surface area contributed by atoms with Gasteiger partial charge in [0.1, 0.15) is 0 Å². The van der Waals surface area contributed by atoms with Gasteiger partial charge < -0.3 is 0 Å². The zero-order valence-corrected chi connectivity index (χ0v) is 37.6. The molecule has 3 unspecified atom stereocenters. The number of halogens is 4. The van der Waals surface area contributed by atoms with Crippen molar-refractivity contribution in [2.45, 2.75) is 84.2 Å². The maximum atomic E-state index is 7.12. The third-order valence-corrected chi connectivity index (χ3v) is 37.0. The molecule has 0 spiro atoms. The Morgan fingerprint density at radius 3 is 1.92 bits per heavy atom. The molecule has 0 radical (unpaired) electrons. The molecule has 0 heterocycles. The van der Waals surface area contributed by atoms with Crippen molar-refractivity contribution < 1.29 is 18.3 Å². The molecule has 3 aromatic rings. The molecule has 1 fully saturated rings. The van der Waals surface area contributed by atoms with Gasteiger partial charge in [0.15, 0.2) is 0 Å². The van der Waals surface area contributed by atoms with Crippen LogP contribution in [0.4, 0.5) is 0 Å². The standard InChI is InChI=1S/C29H37.2C6H4Cl.C5H5.CH2.2ClH.Zr/c1-18-25-22-17-19-13-9-10-14-20(19)24(22)21-15-11-12-16-23(21)29(25,8)28(6,7)27(4,5)26(18,2)3;2*7-6-4-2-1-3-5-6;1-2-4-5-3-1;;;;/h9-11,13-15,23H,12,16-17H2,1-8H3;2*1-2,4-5H;1-3H,4H2;1H2;2*1H;. The van der Waals surface area contributed by atoms with Gasteiger partial charge in [0.2, 0.25) is 0 Å². The monoisotopic (exact) mass is 848 g/mol. The van der Waals surface area contributed by atoms with E-state index in [0.29, 0.717) is 5.92 Å². The van der Waals surface area contributed by atoms with Crippen molar-refractivity contribution >= 4 is 64.3 Å². The average Bonchev–Trinajstić information content (AvgIpc) is 3.77. The van der Waals surface area contributed by atoms with Crippen LogP contribution in [0, 0.1) is 27.6 Å². The quantitative estimate of drug-likeness (QED) is 0.245. The summed E-state index contributed by atoms with van der Waals surface area (Å²) >= 11 is 8.92. The molecule has 52 heavy (non-hydrogen) atoms. The van der Waals surface area contributed by atoms with E-state index in [1.807, 2.05) is 12.1 Å². The fourth-order valence-corrected chi connectivity index (χ4v) is 34.4. The van der Waals surface area contributed by atoms with Crippen LogP contribution in [0.1, 0.15) is 85.8 Å². The predicted octanol–water partition coefficient (Wildman–Crippen LogP) is 13.3. The summed E-state index contributed by atoms with van der Waals surface area (Å²) in [5.41, 5.74) is 8.61. The van der Waals surface area contributed by atoms with E-state index < -0.39 is 18.3 Å². The van der Waals surface area contributed by atoms with Gasteiger partial charge in [0.05, 0.1) is 0 Å². The summed E-state index contributed by atoms with van der Waals surface area (Å²) in [6, 6.07) is 27.0. The van der Waals surface area contributed by atoms with Crippen molar-refractivity contribution in [3.8, 4) is 0 Å². The summed E-state index contributed by atoms with van der Waals surface area (Å²) in [5, 5.41) is 1.55. The molecule has 0 N–H and O–H groups in total. The van der Waals surface area contributed by atoms with Crippen LogP contribution in [0.3, 0.4) is 0 Å². The van der Waals surface area contributed by atoms with Gasteiger partial charge in [-0.2, -0.15) is 0 Å². The summed E-state index contributed by atoms with van der Waals surface area (Å²) in [6.07, 6.45) is 16.2. The zero-order valence-electron chi connectivity index (χ0n) is 32.0. The molecule has 0 aromatic heterocycles. The van der Waals surface area contributed by atoms with Gasteiger partial charge in [-0.05, 0) is 0 Å². The van der Waals surface area contributed by atoms with Crippen LogP contribution in [-0.2, 0) is 24.7 Å². The second kappa shape index (κ2) is 12.6. The molecule has 1 saturated carbocycles. The molecule has 0 aliphatic heterocycles. The summed E-state index contributed by atoms with van der Waals surface area (Å²) in [7, 11) is 0. The molecule has 5 heteroatoms. The summed E-state index contributed by atoms with van der Waals surface area (Å²) in [5.74, 6) is 0.388. The van der Waals surface area contributed by atoms with E-state index >= 15 is 0 Å². The van der Waals surface area contributed by atoms with Gasteiger partial charge in [-0.15, -0.1) is 24.8 Å². The molecule has 3 atom stereocenters. The van der Waals surface area contributed by atoms with E-state index in [9.17, 15) is 0 Å². The van der Waals surface area contributed by atoms with Crippen molar-refractivity contribution in [2.24, 2.45) is 27.6 Å². The van der Waals surface area contributed by atoms with Gasteiger partial charge in [0, 0.05) is 0 Å². The van der Waals surface area contributed by atoms with Crippen molar-refractivity contribution in [3.63, 3.8) is 0 Å². The third-order valence-electron chi connectivity index (χ3n) is 16.7. The molecule has 5 aliphatic rings. The molecular formula is C47H54Cl4Zr. The maximum absolute atomic E-state index is 7.12. The molecular weight excluding hydrogens is 798 g/mol. The van der Waals surface area contributed by atoms with E-state index in [-0.39, 0.29) is 49.6 Å². The van der Waals surface area contributed by atoms with Gasteiger partial charge in [-0.1, -0.05) is 0 Å². The fraction of sp³-hybridized carbons (Fsp3) is 0.383. The summed E-state index contributed by atoms with van der Waals surface area (Å²) < 4.78 is 9.78. The zero-order chi connectivity index (χ0) is 35.7. The number of benzene rings is 3. The Hall–Kier alpha value is -1.73. The number of hydrogen-bond donors (Lipinski definition) is 0. The van der Waals surface area contributed by atoms with Crippen molar-refractivity contribution in [1.29, 1.82) is 0 Å². The fourth-order valence-electron chi connectivity index (χ4n) is 12.9. The number of hydrogen-bond acceptors (Lipinski definition) is 0. The number of fused-ring (bicyclic) bond motifs is 6. The Labute approximate surface area is 336 Å². The second-order valence-electron chi connectivity index (χ2n) is 18.1. The Morgan fingerprint density at radius 1 is 0.731 bits per heavy atom. The minimum absolute atomic E-state index is 0. The van der Waals surface area contributed by atoms with Crippen LogP contribution in [-0.4, -0.2) is 4.21 Å². The molecule has 8 rings (SSSR count). The SMILES string of the molecule is Cl.Cl.[CH2]=[Zr]([C]1=CC=CC1)([c]1cccc(Cl)c1)([c]1cccc(Cl)c1)[C]1(C)C2=C3Cc4ccccc4C3=C3C=CCCC3C2(C)C(C)(C)C(C)(C)C1(C)C. The Balaban J connectivity index is 0.00000232. The van der Waals surface area contributed by atoms with E-state index in [1.54, 1.807) is 16.7 Å². The van der Waals surface area contributed by atoms with Crippen LogP contribution in [0.2, 0.25) is 13.2 Å². The van der Waals surface area contributed by atoms with E-state index in [0.717, 1.165) is 35.7 Å². The van der Waals surface area contributed by atoms with Crippen LogP contribution >= 0.6 is 48.0 Å².